The highest BCUT2D eigenvalue weighted by Gasteiger charge is 1.95. The van der Waals surface area contributed by atoms with Crippen LogP contribution in [-0.4, -0.2) is 6.67 Å². The lowest BCUT2D eigenvalue weighted by molar-refractivity contribution is 0.448. The predicted molar refractivity (Wildman–Crippen MR) is 104 cm³/mol. The fourth-order valence-electron chi connectivity index (χ4n) is 3.21. The van der Waals surface area contributed by atoms with Crippen molar-refractivity contribution in [2.45, 2.75) is 122 Å². The van der Waals surface area contributed by atoms with Crippen LogP contribution in [0.3, 0.4) is 0 Å². The molecule has 1 heteroatoms. The van der Waals surface area contributed by atoms with Gasteiger partial charge in [0, 0.05) is 0 Å². The highest BCUT2D eigenvalue weighted by molar-refractivity contribution is 4.65. The van der Waals surface area contributed by atoms with Gasteiger partial charge < -0.3 is 0 Å². The van der Waals surface area contributed by atoms with Gasteiger partial charge in [0.25, 0.3) is 0 Å². The first-order valence-electron chi connectivity index (χ1n) is 10.6. The number of rotatable bonds is 20. The number of unbranched alkanes of at least 4 members (excludes halogenated alkanes) is 18. The Kier molecular flexibility index (Phi) is 21.4. The molecule has 0 aromatic rings. The fraction of sp³-hybridized carbons (Fsp3) is 0.909. The molecule has 0 aliphatic heterocycles. The summed E-state index contributed by atoms with van der Waals surface area (Å²) in [5, 5.41) is 0. The molecule has 0 N–H and O–H groups in total. The zero-order valence-corrected chi connectivity index (χ0v) is 15.8. The molecule has 0 aliphatic rings. The molecule has 0 spiro atoms. The summed E-state index contributed by atoms with van der Waals surface area (Å²) in [6, 6.07) is 0. The Labute approximate surface area is 146 Å². The van der Waals surface area contributed by atoms with Gasteiger partial charge in [0.15, 0.2) is 0 Å². The summed E-state index contributed by atoms with van der Waals surface area (Å²) in [5.74, 6) is 0. The first-order valence-corrected chi connectivity index (χ1v) is 10.6. The van der Waals surface area contributed by atoms with Crippen LogP contribution in [0.4, 0.5) is 4.39 Å². The van der Waals surface area contributed by atoms with Crippen LogP contribution in [0, 0.1) is 0 Å². The zero-order valence-electron chi connectivity index (χ0n) is 15.8. The number of hydrogen-bond donors (Lipinski definition) is 0. The number of allylic oxidation sites excluding steroid dienone is 1. The summed E-state index contributed by atoms with van der Waals surface area (Å²) < 4.78 is 11.9. The number of hydrogen-bond acceptors (Lipinski definition) is 0. The van der Waals surface area contributed by atoms with Crippen LogP contribution in [0.15, 0.2) is 12.7 Å². The maximum Gasteiger partial charge on any atom is 0.0894 e. The highest BCUT2D eigenvalue weighted by Crippen LogP contribution is 2.14. The molecule has 0 amide bonds. The maximum absolute atomic E-state index is 11.9. The van der Waals surface area contributed by atoms with Crippen LogP contribution in [-0.2, 0) is 0 Å². The van der Waals surface area contributed by atoms with E-state index in [0.717, 1.165) is 12.8 Å². The molecule has 0 radical (unpaired) electrons. The van der Waals surface area contributed by atoms with E-state index in [4.69, 9.17) is 0 Å². The molecule has 0 atom stereocenters. The Morgan fingerprint density at radius 1 is 0.435 bits per heavy atom. The van der Waals surface area contributed by atoms with Crippen LogP contribution in [0.2, 0.25) is 0 Å². The molecule has 0 saturated heterocycles. The second-order valence-electron chi connectivity index (χ2n) is 7.13. The van der Waals surface area contributed by atoms with Crippen LogP contribution in [0.1, 0.15) is 122 Å². The Hall–Kier alpha value is -0.330. The van der Waals surface area contributed by atoms with E-state index < -0.39 is 0 Å². The third-order valence-electron chi connectivity index (χ3n) is 4.79. The molecule has 0 heterocycles. The SMILES string of the molecule is C=CCCCCCCCCCCCCCCCCCCCCF. The van der Waals surface area contributed by atoms with Gasteiger partial charge in [-0.3, -0.25) is 4.39 Å². The van der Waals surface area contributed by atoms with Gasteiger partial charge in [0.1, 0.15) is 0 Å². The van der Waals surface area contributed by atoms with Crippen molar-refractivity contribution >= 4 is 0 Å². The van der Waals surface area contributed by atoms with Gasteiger partial charge in [-0.1, -0.05) is 109 Å². The minimum absolute atomic E-state index is 0.129. The summed E-state index contributed by atoms with van der Waals surface area (Å²) in [4.78, 5) is 0. The van der Waals surface area contributed by atoms with E-state index in [9.17, 15) is 4.39 Å². The lowest BCUT2D eigenvalue weighted by Gasteiger charge is -2.03. The molecule has 0 saturated carbocycles. The van der Waals surface area contributed by atoms with Crippen LogP contribution < -0.4 is 0 Å². The quantitative estimate of drug-likeness (QED) is 0.155. The monoisotopic (exact) mass is 326 g/mol. The molecule has 0 rings (SSSR count). The highest BCUT2D eigenvalue weighted by atomic mass is 19.1. The molecular formula is C22H43F. The number of halogens is 1. The lowest BCUT2D eigenvalue weighted by atomic mass is 10.0. The summed E-state index contributed by atoms with van der Waals surface area (Å²) in [6.45, 7) is 3.64. The van der Waals surface area contributed by atoms with Crippen molar-refractivity contribution in [1.82, 2.24) is 0 Å². The van der Waals surface area contributed by atoms with E-state index >= 15 is 0 Å². The van der Waals surface area contributed by atoms with Gasteiger partial charge in [-0.2, -0.15) is 0 Å². The first-order chi connectivity index (χ1) is 11.4. The summed E-state index contributed by atoms with van der Waals surface area (Å²) >= 11 is 0. The summed E-state index contributed by atoms with van der Waals surface area (Å²) in [7, 11) is 0. The average molecular weight is 327 g/mol. The van der Waals surface area contributed by atoms with Crippen molar-refractivity contribution in [2.75, 3.05) is 6.67 Å². The lowest BCUT2D eigenvalue weighted by Crippen LogP contribution is -1.84. The van der Waals surface area contributed by atoms with Gasteiger partial charge in [-0.05, 0) is 19.3 Å². The van der Waals surface area contributed by atoms with Crippen molar-refractivity contribution in [3.8, 4) is 0 Å². The van der Waals surface area contributed by atoms with Crippen molar-refractivity contribution in [1.29, 1.82) is 0 Å². The van der Waals surface area contributed by atoms with Gasteiger partial charge >= 0.3 is 0 Å². The van der Waals surface area contributed by atoms with Gasteiger partial charge in [-0.15, -0.1) is 6.58 Å². The first kappa shape index (κ1) is 22.7. The molecule has 0 aromatic carbocycles. The topological polar surface area (TPSA) is 0 Å². The molecule has 0 aliphatic carbocycles. The third kappa shape index (κ3) is 21.7. The van der Waals surface area contributed by atoms with Crippen LogP contribution in [0.25, 0.3) is 0 Å². The Bertz CT molecular complexity index is 212. The van der Waals surface area contributed by atoms with Crippen LogP contribution >= 0.6 is 0 Å². The van der Waals surface area contributed by atoms with Crippen molar-refractivity contribution in [3.05, 3.63) is 12.7 Å². The van der Waals surface area contributed by atoms with E-state index in [1.165, 1.54) is 109 Å². The summed E-state index contributed by atoms with van der Waals surface area (Å²) in [5.41, 5.74) is 0. The van der Waals surface area contributed by atoms with E-state index in [2.05, 4.69) is 6.58 Å². The van der Waals surface area contributed by atoms with Crippen molar-refractivity contribution in [3.63, 3.8) is 0 Å². The minimum Gasteiger partial charge on any atom is -0.251 e. The van der Waals surface area contributed by atoms with E-state index in [1.807, 2.05) is 6.08 Å². The van der Waals surface area contributed by atoms with Gasteiger partial charge in [-0.25, -0.2) is 0 Å². The molecule has 0 bridgehead atoms. The average Bonchev–Trinajstić information content (AvgIpc) is 2.57. The van der Waals surface area contributed by atoms with E-state index in [-0.39, 0.29) is 6.67 Å². The van der Waals surface area contributed by atoms with Gasteiger partial charge in [0.2, 0.25) is 0 Å². The standard InChI is InChI=1S/C22H43F/c1-2-3-4-5-6-7-8-9-10-11-12-13-14-15-16-17-18-19-20-21-22-23/h2H,1,3-22H2. The zero-order chi connectivity index (χ0) is 16.8. The van der Waals surface area contributed by atoms with E-state index in [0.29, 0.717) is 0 Å². The Morgan fingerprint density at radius 2 is 0.696 bits per heavy atom. The normalized spacial score (nSPS) is 11.0. The van der Waals surface area contributed by atoms with Crippen molar-refractivity contribution in [2.24, 2.45) is 0 Å². The molecule has 23 heavy (non-hydrogen) atoms. The molecule has 0 fully saturated rings. The van der Waals surface area contributed by atoms with Gasteiger partial charge in [0.05, 0.1) is 6.67 Å². The fourth-order valence-corrected chi connectivity index (χ4v) is 3.21. The molecular weight excluding hydrogens is 283 g/mol. The minimum atomic E-state index is -0.129. The molecule has 138 valence electrons. The molecule has 0 nitrogen and oxygen atoms in total. The second-order valence-corrected chi connectivity index (χ2v) is 7.13. The second kappa shape index (κ2) is 21.7. The molecule has 0 unspecified atom stereocenters. The largest absolute Gasteiger partial charge is 0.251 e. The van der Waals surface area contributed by atoms with Crippen LogP contribution in [0.5, 0.6) is 0 Å². The number of alkyl halides is 1. The Morgan fingerprint density at radius 3 is 0.957 bits per heavy atom. The summed E-state index contributed by atoms with van der Waals surface area (Å²) in [6.07, 6.45) is 27.5. The Balaban J connectivity index is 2.93. The third-order valence-corrected chi connectivity index (χ3v) is 4.79. The maximum atomic E-state index is 11.9. The smallest absolute Gasteiger partial charge is 0.0894 e. The van der Waals surface area contributed by atoms with E-state index in [1.54, 1.807) is 0 Å². The predicted octanol–water partition coefficient (Wildman–Crippen LogP) is 8.55. The molecule has 0 aromatic heterocycles. The van der Waals surface area contributed by atoms with Crippen molar-refractivity contribution < 1.29 is 4.39 Å².